The molecule has 1 aliphatic rings. The van der Waals surface area contributed by atoms with E-state index in [2.05, 4.69) is 6.92 Å². The van der Waals surface area contributed by atoms with Gasteiger partial charge in [0.05, 0.1) is 0 Å². The van der Waals surface area contributed by atoms with Crippen LogP contribution >= 0.6 is 23.4 Å². The van der Waals surface area contributed by atoms with Crippen LogP contribution < -0.4 is 0 Å². The molecule has 2 nitrogen and oxygen atoms in total. The van der Waals surface area contributed by atoms with E-state index < -0.39 is 0 Å². The third-order valence-electron chi connectivity index (χ3n) is 2.59. The van der Waals surface area contributed by atoms with Gasteiger partial charge in [0.15, 0.2) is 5.78 Å². The van der Waals surface area contributed by atoms with Gasteiger partial charge in [0.2, 0.25) is 0 Å². The second-order valence-corrected chi connectivity index (χ2v) is 6.10. The molecule has 0 fully saturated rings. The van der Waals surface area contributed by atoms with Crippen molar-refractivity contribution >= 4 is 29.1 Å². The number of ketones is 1. The van der Waals surface area contributed by atoms with Gasteiger partial charge in [-0.2, -0.15) is 0 Å². The summed E-state index contributed by atoms with van der Waals surface area (Å²) in [7, 11) is 3.84. The number of thioether (sulfide) groups is 1. The monoisotopic (exact) mass is 267 g/mol. The minimum atomic E-state index is 0.0856. The highest BCUT2D eigenvalue weighted by atomic mass is 35.5. The van der Waals surface area contributed by atoms with Gasteiger partial charge >= 0.3 is 0 Å². The van der Waals surface area contributed by atoms with Crippen molar-refractivity contribution in [2.75, 3.05) is 14.1 Å². The zero-order chi connectivity index (χ0) is 12.6. The van der Waals surface area contributed by atoms with Crippen molar-refractivity contribution in [2.24, 2.45) is 0 Å². The molecule has 0 aromatic heterocycles. The molecule has 0 aliphatic carbocycles. The maximum absolute atomic E-state index is 12.3. The number of fused-ring (bicyclic) bond motifs is 1. The summed E-state index contributed by atoms with van der Waals surface area (Å²) in [6.07, 6.45) is 1.89. The predicted octanol–water partition coefficient (Wildman–Crippen LogP) is 3.46. The van der Waals surface area contributed by atoms with Crippen LogP contribution in [-0.4, -0.2) is 30.0 Å². The highest BCUT2D eigenvalue weighted by molar-refractivity contribution is 8.00. The molecule has 0 bridgehead atoms. The van der Waals surface area contributed by atoms with Crippen molar-refractivity contribution in [3.63, 3.8) is 0 Å². The van der Waals surface area contributed by atoms with Gasteiger partial charge in [-0.3, -0.25) is 4.79 Å². The first-order valence-corrected chi connectivity index (χ1v) is 6.64. The van der Waals surface area contributed by atoms with E-state index in [1.54, 1.807) is 17.8 Å². The van der Waals surface area contributed by atoms with Crippen LogP contribution in [0.2, 0.25) is 5.02 Å². The van der Waals surface area contributed by atoms with Crippen LogP contribution in [0.3, 0.4) is 0 Å². The van der Waals surface area contributed by atoms with E-state index in [0.717, 1.165) is 10.5 Å². The van der Waals surface area contributed by atoms with Gasteiger partial charge in [0.25, 0.3) is 0 Å². The van der Waals surface area contributed by atoms with E-state index in [4.69, 9.17) is 11.6 Å². The van der Waals surface area contributed by atoms with Crippen LogP contribution in [0.4, 0.5) is 0 Å². The van der Waals surface area contributed by atoms with E-state index in [0.29, 0.717) is 10.6 Å². The molecule has 1 aromatic rings. The maximum Gasteiger partial charge on any atom is 0.192 e. The van der Waals surface area contributed by atoms with Gasteiger partial charge in [-0.25, -0.2) is 0 Å². The van der Waals surface area contributed by atoms with Crippen molar-refractivity contribution in [3.8, 4) is 0 Å². The Labute approximate surface area is 111 Å². The molecule has 17 heavy (non-hydrogen) atoms. The summed E-state index contributed by atoms with van der Waals surface area (Å²) < 4.78 is 0. The summed E-state index contributed by atoms with van der Waals surface area (Å²) >= 11 is 7.64. The lowest BCUT2D eigenvalue weighted by molar-refractivity contribution is 0.102. The molecule has 1 heterocycles. The van der Waals surface area contributed by atoms with Gasteiger partial charge in [0.1, 0.15) is 0 Å². The van der Waals surface area contributed by atoms with Crippen molar-refractivity contribution in [3.05, 3.63) is 40.6 Å². The molecule has 0 unspecified atom stereocenters. The van der Waals surface area contributed by atoms with Crippen LogP contribution in [-0.2, 0) is 0 Å². The van der Waals surface area contributed by atoms with Gasteiger partial charge in [-0.05, 0) is 25.1 Å². The third-order valence-corrected chi connectivity index (χ3v) is 4.04. The smallest absolute Gasteiger partial charge is 0.192 e. The second kappa shape index (κ2) is 4.75. The molecule has 1 atom stereocenters. The van der Waals surface area contributed by atoms with Crippen LogP contribution in [0.1, 0.15) is 17.3 Å². The summed E-state index contributed by atoms with van der Waals surface area (Å²) in [6.45, 7) is 2.05. The van der Waals surface area contributed by atoms with E-state index in [9.17, 15) is 4.79 Å². The lowest BCUT2D eigenvalue weighted by Crippen LogP contribution is -2.21. The summed E-state index contributed by atoms with van der Waals surface area (Å²) in [5.41, 5.74) is 1.54. The molecule has 1 aliphatic heterocycles. The quantitative estimate of drug-likeness (QED) is 0.727. The Morgan fingerprint density at radius 2 is 2.12 bits per heavy atom. The molecule has 90 valence electrons. The number of Topliss-reactive ketones (excluding diaryl/α,β-unsaturated/α-hetero) is 1. The van der Waals surface area contributed by atoms with Crippen molar-refractivity contribution in [1.82, 2.24) is 4.90 Å². The molecule has 1 aromatic carbocycles. The Bertz CT molecular complexity index is 496. The molecule has 0 saturated carbocycles. The summed E-state index contributed by atoms with van der Waals surface area (Å²) in [5.74, 6) is 0.0856. The minimum Gasteiger partial charge on any atom is -0.383 e. The number of nitrogens with zero attached hydrogens (tertiary/aromatic N) is 1. The Morgan fingerprint density at radius 3 is 2.76 bits per heavy atom. The number of rotatable bonds is 1. The van der Waals surface area contributed by atoms with Crippen LogP contribution in [0.5, 0.6) is 0 Å². The van der Waals surface area contributed by atoms with Gasteiger partial charge in [-0.1, -0.05) is 11.6 Å². The molecule has 0 N–H and O–H groups in total. The average molecular weight is 268 g/mol. The average Bonchev–Trinajstić information content (AvgIpc) is 2.25. The normalized spacial score (nSPS) is 21.5. The Kier molecular flexibility index (Phi) is 3.50. The van der Waals surface area contributed by atoms with Crippen LogP contribution in [0.25, 0.3) is 0 Å². The molecule has 0 spiro atoms. The van der Waals surface area contributed by atoms with Gasteiger partial charge < -0.3 is 4.90 Å². The summed E-state index contributed by atoms with van der Waals surface area (Å²) in [6, 6.07) is 5.50. The molecule has 0 saturated heterocycles. The number of halogens is 1. The van der Waals surface area contributed by atoms with Gasteiger partial charge in [-0.15, -0.1) is 11.8 Å². The first kappa shape index (κ1) is 12.5. The highest BCUT2D eigenvalue weighted by Crippen LogP contribution is 2.39. The van der Waals surface area contributed by atoms with E-state index >= 15 is 0 Å². The first-order valence-electron chi connectivity index (χ1n) is 5.38. The lowest BCUT2D eigenvalue weighted by atomic mass is 10.0. The van der Waals surface area contributed by atoms with E-state index in [1.807, 2.05) is 37.3 Å². The zero-order valence-corrected chi connectivity index (χ0v) is 11.6. The standard InChI is InChI=1S/C13H14ClNOS/c1-8-11(7-15(2)3)13(16)10-6-9(14)4-5-12(10)17-8/h4-8H,1-3H3/t8-/m0/s1. The summed E-state index contributed by atoms with van der Waals surface area (Å²) in [4.78, 5) is 15.3. The second-order valence-electron chi connectivity index (χ2n) is 4.28. The number of hydrogen-bond donors (Lipinski definition) is 0. The molecular formula is C13H14ClNOS. The maximum atomic E-state index is 12.3. The highest BCUT2D eigenvalue weighted by Gasteiger charge is 2.28. The van der Waals surface area contributed by atoms with Crippen LogP contribution in [0.15, 0.2) is 34.9 Å². The van der Waals surface area contributed by atoms with Crippen LogP contribution in [0, 0.1) is 0 Å². The lowest BCUT2D eigenvalue weighted by Gasteiger charge is -2.24. The third kappa shape index (κ3) is 2.50. The van der Waals surface area contributed by atoms with E-state index in [-0.39, 0.29) is 11.0 Å². The fraction of sp³-hybridized carbons (Fsp3) is 0.308. The number of carbonyl (C=O) groups is 1. The number of carbonyl (C=O) groups excluding carboxylic acids is 1. The van der Waals surface area contributed by atoms with Crippen molar-refractivity contribution in [1.29, 1.82) is 0 Å². The van der Waals surface area contributed by atoms with E-state index in [1.165, 1.54) is 0 Å². The number of hydrogen-bond acceptors (Lipinski definition) is 3. The SMILES string of the molecule is C[C@@H]1Sc2ccc(Cl)cc2C(=O)C1=CN(C)C. The topological polar surface area (TPSA) is 20.3 Å². The molecule has 2 rings (SSSR count). The van der Waals surface area contributed by atoms with Crippen molar-refractivity contribution < 1.29 is 4.79 Å². The van der Waals surface area contributed by atoms with Crippen molar-refractivity contribution in [2.45, 2.75) is 17.1 Å². The Morgan fingerprint density at radius 1 is 1.41 bits per heavy atom. The summed E-state index contributed by atoms with van der Waals surface area (Å²) in [5, 5.41) is 0.787. The van der Waals surface area contributed by atoms with Gasteiger partial charge in [0, 0.05) is 46.6 Å². The Hall–Kier alpha value is -0.930. The molecule has 4 heteroatoms. The Balaban J connectivity index is 2.49. The zero-order valence-electron chi connectivity index (χ0n) is 10.0. The fourth-order valence-corrected chi connectivity index (χ4v) is 3.09. The minimum absolute atomic E-state index is 0.0856. The molecule has 0 amide bonds. The molecular weight excluding hydrogens is 254 g/mol. The largest absolute Gasteiger partial charge is 0.383 e. The predicted molar refractivity (Wildman–Crippen MR) is 72.9 cm³/mol. The molecule has 0 radical (unpaired) electrons. The fourth-order valence-electron chi connectivity index (χ4n) is 1.82. The number of benzene rings is 1. The first-order chi connectivity index (χ1) is 7.99.